The highest BCUT2D eigenvalue weighted by molar-refractivity contribution is 5.63. The number of rotatable bonds is 2. The zero-order valence-corrected chi connectivity index (χ0v) is 7.88. The number of anilines is 1. The zero-order chi connectivity index (χ0) is 11.7. The predicted octanol–water partition coefficient (Wildman–Crippen LogP) is 1.97. The number of benzene rings is 1. The van der Waals surface area contributed by atoms with Crippen LogP contribution in [0.1, 0.15) is 0 Å². The van der Waals surface area contributed by atoms with Crippen molar-refractivity contribution < 1.29 is 13.8 Å². The number of halogens is 1. The number of nitro benzene ring substituents is 1. The van der Waals surface area contributed by atoms with Gasteiger partial charge >= 0.3 is 0 Å². The first kappa shape index (κ1) is 10.1. The molecule has 1 aromatic heterocycles. The van der Waals surface area contributed by atoms with Crippen molar-refractivity contribution in [2.24, 2.45) is 0 Å². The lowest BCUT2D eigenvalue weighted by Gasteiger charge is -1.97. The first-order valence-electron chi connectivity index (χ1n) is 4.24. The molecule has 0 aliphatic carbocycles. The van der Waals surface area contributed by atoms with Gasteiger partial charge < -0.3 is 10.3 Å². The Morgan fingerprint density at radius 2 is 2.19 bits per heavy atom. The minimum Gasteiger partial charge on any atom is -0.381 e. The highest BCUT2D eigenvalue weighted by atomic mass is 19.1. The number of nitrogen functional groups attached to an aromatic ring is 1. The highest BCUT2D eigenvalue weighted by Crippen LogP contribution is 2.27. The molecule has 6 nitrogen and oxygen atoms in total. The van der Waals surface area contributed by atoms with Crippen LogP contribution in [0.2, 0.25) is 0 Å². The number of nitrogens with zero attached hydrogens (tertiary/aromatic N) is 2. The van der Waals surface area contributed by atoms with Gasteiger partial charge in [-0.3, -0.25) is 10.1 Å². The Balaban J connectivity index is 2.55. The van der Waals surface area contributed by atoms with Gasteiger partial charge in [0.05, 0.1) is 10.5 Å². The van der Waals surface area contributed by atoms with Gasteiger partial charge in [0.2, 0.25) is 0 Å². The fourth-order valence-electron chi connectivity index (χ4n) is 1.23. The molecule has 0 saturated carbocycles. The van der Waals surface area contributed by atoms with Gasteiger partial charge in [-0.15, -0.1) is 0 Å². The molecule has 0 fully saturated rings. The van der Waals surface area contributed by atoms with Crippen molar-refractivity contribution in [2.45, 2.75) is 0 Å². The van der Waals surface area contributed by atoms with Crippen molar-refractivity contribution in [3.8, 4) is 11.3 Å². The van der Waals surface area contributed by atoms with E-state index in [1.54, 1.807) is 0 Å². The van der Waals surface area contributed by atoms with Crippen molar-refractivity contribution in [2.75, 3.05) is 5.73 Å². The minimum absolute atomic E-state index is 0.0431. The second kappa shape index (κ2) is 3.61. The lowest BCUT2D eigenvalue weighted by atomic mass is 10.1. The average Bonchev–Trinajstić information content (AvgIpc) is 2.65. The minimum atomic E-state index is -0.637. The summed E-state index contributed by atoms with van der Waals surface area (Å²) in [6, 6.07) is 4.42. The van der Waals surface area contributed by atoms with E-state index in [2.05, 4.69) is 5.16 Å². The Morgan fingerprint density at radius 1 is 1.44 bits per heavy atom. The Bertz CT molecular complexity index is 553. The molecule has 0 unspecified atom stereocenters. The van der Waals surface area contributed by atoms with Gasteiger partial charge in [-0.2, -0.15) is 0 Å². The summed E-state index contributed by atoms with van der Waals surface area (Å²) in [6.45, 7) is 0. The topological polar surface area (TPSA) is 95.2 Å². The van der Waals surface area contributed by atoms with Gasteiger partial charge in [0.25, 0.3) is 5.69 Å². The lowest BCUT2D eigenvalue weighted by Crippen LogP contribution is -1.90. The van der Waals surface area contributed by atoms with Crippen LogP contribution in [0.4, 0.5) is 15.9 Å². The van der Waals surface area contributed by atoms with E-state index in [0.717, 1.165) is 18.2 Å². The fraction of sp³-hybridized carbons (Fsp3) is 0. The van der Waals surface area contributed by atoms with E-state index in [-0.39, 0.29) is 22.8 Å². The van der Waals surface area contributed by atoms with Crippen LogP contribution in [0.15, 0.2) is 28.8 Å². The van der Waals surface area contributed by atoms with Crippen LogP contribution in [-0.4, -0.2) is 10.1 Å². The molecule has 0 saturated heterocycles. The molecule has 0 spiro atoms. The monoisotopic (exact) mass is 223 g/mol. The molecule has 2 N–H and O–H groups in total. The maximum Gasteiger partial charge on any atom is 0.270 e. The zero-order valence-electron chi connectivity index (χ0n) is 7.88. The van der Waals surface area contributed by atoms with Gasteiger partial charge in [0, 0.05) is 18.2 Å². The van der Waals surface area contributed by atoms with Crippen LogP contribution in [0.3, 0.4) is 0 Å². The smallest absolute Gasteiger partial charge is 0.270 e. The molecular formula is C9H6FN3O3. The molecule has 1 heterocycles. The fourth-order valence-corrected chi connectivity index (χ4v) is 1.23. The third-order valence-electron chi connectivity index (χ3n) is 1.95. The standard InChI is InChI=1S/C9H6FN3O3/c10-7-2-1-5(13(14)15)3-6(7)8-4-9(11)12-16-8/h1-4H,(H2,11,12). The maximum atomic E-state index is 13.4. The van der Waals surface area contributed by atoms with Crippen LogP contribution in [0.5, 0.6) is 0 Å². The lowest BCUT2D eigenvalue weighted by molar-refractivity contribution is -0.384. The molecule has 2 aromatic rings. The van der Waals surface area contributed by atoms with Crippen molar-refractivity contribution >= 4 is 11.5 Å². The molecule has 7 heteroatoms. The Morgan fingerprint density at radius 3 is 2.75 bits per heavy atom. The normalized spacial score (nSPS) is 10.3. The molecule has 0 radical (unpaired) electrons. The second-order valence-corrected chi connectivity index (χ2v) is 3.04. The molecule has 16 heavy (non-hydrogen) atoms. The molecular weight excluding hydrogens is 217 g/mol. The highest BCUT2D eigenvalue weighted by Gasteiger charge is 2.15. The summed E-state index contributed by atoms with van der Waals surface area (Å²) >= 11 is 0. The first-order chi connectivity index (χ1) is 7.58. The van der Waals surface area contributed by atoms with Crippen LogP contribution in [-0.2, 0) is 0 Å². The predicted molar refractivity (Wildman–Crippen MR) is 53.0 cm³/mol. The van der Waals surface area contributed by atoms with E-state index in [9.17, 15) is 14.5 Å². The molecule has 0 amide bonds. The molecule has 0 bridgehead atoms. The van der Waals surface area contributed by atoms with Crippen molar-refractivity contribution in [3.63, 3.8) is 0 Å². The largest absolute Gasteiger partial charge is 0.381 e. The molecule has 0 aliphatic rings. The van der Waals surface area contributed by atoms with E-state index in [4.69, 9.17) is 10.3 Å². The van der Waals surface area contributed by atoms with Crippen LogP contribution in [0.25, 0.3) is 11.3 Å². The van der Waals surface area contributed by atoms with E-state index < -0.39 is 10.7 Å². The van der Waals surface area contributed by atoms with Gasteiger partial charge in [-0.1, -0.05) is 5.16 Å². The van der Waals surface area contributed by atoms with E-state index in [1.807, 2.05) is 0 Å². The third-order valence-corrected chi connectivity index (χ3v) is 1.95. The molecule has 82 valence electrons. The number of non-ortho nitro benzene ring substituents is 1. The summed E-state index contributed by atoms with van der Waals surface area (Å²) in [6.07, 6.45) is 0. The summed E-state index contributed by atoms with van der Waals surface area (Å²) in [7, 11) is 0. The Hall–Kier alpha value is -2.44. The van der Waals surface area contributed by atoms with Crippen LogP contribution < -0.4 is 5.73 Å². The Kier molecular flexibility index (Phi) is 2.28. The third kappa shape index (κ3) is 1.70. The van der Waals surface area contributed by atoms with E-state index in [1.165, 1.54) is 6.07 Å². The van der Waals surface area contributed by atoms with Crippen molar-refractivity contribution in [1.29, 1.82) is 0 Å². The van der Waals surface area contributed by atoms with Crippen molar-refractivity contribution in [3.05, 3.63) is 40.2 Å². The molecule has 0 aliphatic heterocycles. The van der Waals surface area contributed by atoms with Gasteiger partial charge in [0.1, 0.15) is 5.82 Å². The van der Waals surface area contributed by atoms with E-state index in [0.29, 0.717) is 0 Å². The maximum absolute atomic E-state index is 13.4. The van der Waals surface area contributed by atoms with Crippen molar-refractivity contribution in [1.82, 2.24) is 5.16 Å². The Labute approximate surface area is 88.6 Å². The SMILES string of the molecule is Nc1cc(-c2cc([N+](=O)[O-])ccc2F)on1. The summed E-state index contributed by atoms with van der Waals surface area (Å²) < 4.78 is 18.1. The molecule has 0 atom stereocenters. The summed E-state index contributed by atoms with van der Waals surface area (Å²) in [4.78, 5) is 9.89. The van der Waals surface area contributed by atoms with E-state index >= 15 is 0 Å². The number of aromatic nitrogens is 1. The molecule has 2 rings (SSSR count). The quantitative estimate of drug-likeness (QED) is 0.620. The summed E-state index contributed by atoms with van der Waals surface area (Å²) in [5.74, 6) is -0.499. The summed E-state index contributed by atoms with van der Waals surface area (Å²) in [5.41, 5.74) is 5.03. The average molecular weight is 223 g/mol. The number of hydrogen-bond acceptors (Lipinski definition) is 5. The summed E-state index contributed by atoms with van der Waals surface area (Å²) in [5, 5.41) is 13.9. The number of nitro groups is 1. The second-order valence-electron chi connectivity index (χ2n) is 3.04. The number of hydrogen-bond donors (Lipinski definition) is 1. The van der Waals surface area contributed by atoms with Gasteiger partial charge in [-0.25, -0.2) is 4.39 Å². The van der Waals surface area contributed by atoms with Crippen LogP contribution in [0, 0.1) is 15.9 Å². The van der Waals surface area contributed by atoms with Gasteiger partial charge in [0.15, 0.2) is 11.6 Å². The van der Waals surface area contributed by atoms with Crippen LogP contribution >= 0.6 is 0 Å². The first-order valence-corrected chi connectivity index (χ1v) is 4.24. The number of nitrogens with two attached hydrogens (primary N) is 1. The van der Waals surface area contributed by atoms with Gasteiger partial charge in [-0.05, 0) is 6.07 Å². The molecule has 1 aromatic carbocycles.